The SMILES string of the molecule is Cc1cc(C)cc(C2(c3cc(C)cc(C)c3)OB(Oc3ccc(I)cc3)N3CCC[C@H]32)c1. The van der Waals surface area contributed by atoms with Crippen LogP contribution in [0.3, 0.4) is 0 Å². The van der Waals surface area contributed by atoms with Gasteiger partial charge in [-0.15, -0.1) is 0 Å². The molecule has 3 aromatic rings. The number of nitrogens with zero attached hydrogens (tertiary/aromatic N) is 1. The zero-order valence-electron chi connectivity index (χ0n) is 19.2. The maximum atomic E-state index is 7.04. The highest BCUT2D eigenvalue weighted by atomic mass is 127. The van der Waals surface area contributed by atoms with Crippen molar-refractivity contribution in [2.45, 2.75) is 52.2 Å². The fraction of sp³-hybridized carbons (Fsp3) is 0.333. The molecule has 3 aromatic carbocycles. The third-order valence-corrected chi connectivity index (χ3v) is 7.39. The quantitative estimate of drug-likeness (QED) is 0.287. The average Bonchev–Trinajstić information content (AvgIpc) is 3.31. The Hall–Kier alpha value is -1.83. The summed E-state index contributed by atoms with van der Waals surface area (Å²) in [5, 5.41) is 0. The van der Waals surface area contributed by atoms with Crippen molar-refractivity contribution >= 4 is 29.8 Å². The molecule has 0 N–H and O–H groups in total. The molecule has 0 aliphatic carbocycles. The van der Waals surface area contributed by atoms with Gasteiger partial charge in [-0.25, -0.2) is 0 Å². The molecule has 0 bridgehead atoms. The largest absolute Gasteiger partial charge is 0.630 e. The van der Waals surface area contributed by atoms with Gasteiger partial charge in [0, 0.05) is 9.61 Å². The Labute approximate surface area is 205 Å². The Balaban J connectivity index is 1.66. The van der Waals surface area contributed by atoms with E-state index in [1.807, 2.05) is 12.1 Å². The lowest BCUT2D eigenvalue weighted by Crippen LogP contribution is -2.42. The van der Waals surface area contributed by atoms with Crippen molar-refractivity contribution in [3.05, 3.63) is 97.6 Å². The first-order valence-electron chi connectivity index (χ1n) is 11.4. The first-order chi connectivity index (χ1) is 15.3. The van der Waals surface area contributed by atoms with E-state index in [9.17, 15) is 0 Å². The van der Waals surface area contributed by atoms with E-state index < -0.39 is 12.9 Å². The molecule has 2 heterocycles. The van der Waals surface area contributed by atoms with Crippen LogP contribution in [0.25, 0.3) is 0 Å². The molecule has 2 fully saturated rings. The topological polar surface area (TPSA) is 21.7 Å². The zero-order valence-corrected chi connectivity index (χ0v) is 21.3. The van der Waals surface area contributed by atoms with E-state index in [1.165, 1.54) is 37.0 Å². The van der Waals surface area contributed by atoms with Crippen LogP contribution in [-0.4, -0.2) is 24.7 Å². The number of hydrogen-bond acceptors (Lipinski definition) is 3. The van der Waals surface area contributed by atoms with Gasteiger partial charge in [-0.05, 0) is 105 Å². The van der Waals surface area contributed by atoms with Crippen molar-refractivity contribution in [3.63, 3.8) is 0 Å². The lowest BCUT2D eigenvalue weighted by atomic mass is 9.77. The fourth-order valence-electron chi connectivity index (χ4n) is 5.57. The van der Waals surface area contributed by atoms with Gasteiger partial charge in [0.2, 0.25) is 0 Å². The van der Waals surface area contributed by atoms with Crippen molar-refractivity contribution in [2.75, 3.05) is 6.54 Å². The van der Waals surface area contributed by atoms with E-state index in [-0.39, 0.29) is 6.04 Å². The number of benzene rings is 3. The molecule has 0 radical (unpaired) electrons. The first kappa shape index (κ1) is 22.0. The van der Waals surface area contributed by atoms with Gasteiger partial charge in [-0.2, -0.15) is 0 Å². The molecule has 5 rings (SSSR count). The van der Waals surface area contributed by atoms with Crippen LogP contribution < -0.4 is 4.65 Å². The van der Waals surface area contributed by atoms with Crippen LogP contribution in [-0.2, 0) is 10.3 Å². The Kier molecular flexibility index (Phi) is 5.85. The van der Waals surface area contributed by atoms with E-state index in [1.54, 1.807) is 0 Å². The minimum Gasteiger partial charge on any atom is -0.522 e. The van der Waals surface area contributed by atoms with Crippen LogP contribution in [0.4, 0.5) is 0 Å². The molecular formula is C27H29BINO2. The van der Waals surface area contributed by atoms with Gasteiger partial charge >= 0.3 is 7.25 Å². The van der Waals surface area contributed by atoms with E-state index in [2.05, 4.69) is 104 Å². The van der Waals surface area contributed by atoms with E-state index in [0.29, 0.717) is 0 Å². The maximum Gasteiger partial charge on any atom is 0.630 e. The van der Waals surface area contributed by atoms with Gasteiger partial charge in [0.15, 0.2) is 0 Å². The van der Waals surface area contributed by atoms with Crippen LogP contribution in [0.2, 0.25) is 0 Å². The van der Waals surface area contributed by atoms with Gasteiger partial charge in [0.05, 0.1) is 0 Å². The third kappa shape index (κ3) is 3.89. The smallest absolute Gasteiger partial charge is 0.522 e. The Morgan fingerprint density at radius 1 is 0.875 bits per heavy atom. The predicted molar refractivity (Wildman–Crippen MR) is 139 cm³/mol. The molecule has 5 heteroatoms. The summed E-state index contributed by atoms with van der Waals surface area (Å²) in [4.78, 5) is 2.42. The average molecular weight is 537 g/mol. The van der Waals surface area contributed by atoms with E-state index in [4.69, 9.17) is 9.31 Å². The second-order valence-corrected chi connectivity index (χ2v) is 10.6. The molecule has 0 spiro atoms. The molecule has 2 saturated heterocycles. The molecule has 0 saturated carbocycles. The zero-order chi connectivity index (χ0) is 22.5. The molecular weight excluding hydrogens is 508 g/mol. The van der Waals surface area contributed by atoms with Crippen molar-refractivity contribution < 1.29 is 9.31 Å². The standard InChI is InChI=1S/C27H29BINO2/c1-18-12-19(2)15-22(14-18)27(23-16-20(3)13-21(4)17-23)26-6-5-11-30(26)28(32-27)31-25-9-7-24(29)8-10-25/h7-10,12-17,26H,5-6,11H2,1-4H3/t26-/m0/s1. The molecule has 0 amide bonds. The van der Waals surface area contributed by atoms with E-state index >= 15 is 0 Å². The molecule has 2 aliphatic heterocycles. The van der Waals surface area contributed by atoms with Crippen LogP contribution in [0, 0.1) is 31.3 Å². The van der Waals surface area contributed by atoms with Crippen LogP contribution in [0.5, 0.6) is 5.75 Å². The summed E-state index contributed by atoms with van der Waals surface area (Å²) in [6, 6.07) is 22.1. The number of fused-ring (bicyclic) bond motifs is 1. The van der Waals surface area contributed by atoms with E-state index in [0.717, 1.165) is 25.1 Å². The lowest BCUT2D eigenvalue weighted by molar-refractivity contribution is 0.0945. The highest BCUT2D eigenvalue weighted by Gasteiger charge is 2.61. The van der Waals surface area contributed by atoms with Gasteiger partial charge in [-0.3, -0.25) is 4.81 Å². The molecule has 2 aliphatic rings. The second kappa shape index (κ2) is 8.51. The molecule has 32 heavy (non-hydrogen) atoms. The Morgan fingerprint density at radius 2 is 1.41 bits per heavy atom. The Morgan fingerprint density at radius 3 is 1.94 bits per heavy atom. The highest BCUT2D eigenvalue weighted by Crippen LogP contribution is 2.50. The number of aryl methyl sites for hydroxylation is 4. The monoisotopic (exact) mass is 537 g/mol. The second-order valence-electron chi connectivity index (χ2n) is 9.38. The molecule has 164 valence electrons. The van der Waals surface area contributed by atoms with Crippen molar-refractivity contribution in [2.24, 2.45) is 0 Å². The minimum atomic E-state index is -0.558. The minimum absolute atomic E-state index is 0.235. The Bertz CT molecular complexity index is 1050. The molecule has 0 unspecified atom stereocenters. The highest BCUT2D eigenvalue weighted by molar-refractivity contribution is 14.1. The van der Waals surface area contributed by atoms with Gasteiger partial charge in [0.25, 0.3) is 0 Å². The van der Waals surface area contributed by atoms with Gasteiger partial charge in [-0.1, -0.05) is 58.7 Å². The number of halogens is 1. The normalized spacial score (nSPS) is 19.9. The first-order valence-corrected chi connectivity index (χ1v) is 12.5. The van der Waals surface area contributed by atoms with Gasteiger partial charge < -0.3 is 9.31 Å². The molecule has 3 nitrogen and oxygen atoms in total. The summed E-state index contributed by atoms with van der Waals surface area (Å²) in [7, 11) is -0.413. The number of rotatable bonds is 4. The van der Waals surface area contributed by atoms with Crippen molar-refractivity contribution in [1.82, 2.24) is 4.81 Å². The summed E-state index contributed by atoms with van der Waals surface area (Å²) < 4.78 is 14.7. The summed E-state index contributed by atoms with van der Waals surface area (Å²) in [5.41, 5.74) is 6.95. The van der Waals surface area contributed by atoms with Crippen LogP contribution >= 0.6 is 22.6 Å². The summed E-state index contributed by atoms with van der Waals surface area (Å²) in [5.74, 6) is 0.845. The molecule has 1 atom stereocenters. The number of hydrogen-bond donors (Lipinski definition) is 0. The van der Waals surface area contributed by atoms with Crippen molar-refractivity contribution in [3.8, 4) is 5.75 Å². The van der Waals surface area contributed by atoms with Crippen LogP contribution in [0.15, 0.2) is 60.7 Å². The lowest BCUT2D eigenvalue weighted by Gasteiger charge is -2.36. The van der Waals surface area contributed by atoms with Crippen LogP contribution in [0.1, 0.15) is 46.2 Å². The summed E-state index contributed by atoms with van der Waals surface area (Å²) in [6.07, 6.45) is 2.24. The molecule has 0 aromatic heterocycles. The predicted octanol–water partition coefficient (Wildman–Crippen LogP) is 6.33. The fourth-order valence-corrected chi connectivity index (χ4v) is 5.93. The summed E-state index contributed by atoms with van der Waals surface area (Å²) in [6.45, 7) is 9.68. The van der Waals surface area contributed by atoms with Gasteiger partial charge in [0.1, 0.15) is 11.4 Å². The van der Waals surface area contributed by atoms with Crippen molar-refractivity contribution in [1.29, 1.82) is 0 Å². The summed E-state index contributed by atoms with van der Waals surface area (Å²) >= 11 is 2.32. The third-order valence-electron chi connectivity index (χ3n) is 6.67. The maximum absolute atomic E-state index is 7.04.